The minimum atomic E-state index is 0. The van der Waals surface area contributed by atoms with Crippen LogP contribution in [0, 0.1) is 6.42 Å². The van der Waals surface area contributed by atoms with Crippen LogP contribution in [0.3, 0.4) is 0 Å². The van der Waals surface area contributed by atoms with Gasteiger partial charge in [-0.05, 0) is 11.8 Å². The molecule has 0 unspecified atom stereocenters. The van der Waals surface area contributed by atoms with Crippen LogP contribution in [0.2, 0.25) is 0 Å². The Kier molecular flexibility index (Phi) is 23.6. The molecule has 0 aliphatic carbocycles. The maximum atomic E-state index is 2.29. The second-order valence-electron chi connectivity index (χ2n) is 1.65. The molecule has 0 aromatic carbocycles. The maximum absolute atomic E-state index is 2.29. The molecule has 0 saturated heterocycles. The van der Waals surface area contributed by atoms with Crippen molar-refractivity contribution in [1.82, 2.24) is 0 Å². The Morgan fingerprint density at radius 2 is 2.00 bits per heavy atom. The van der Waals surface area contributed by atoms with E-state index in [0.717, 1.165) is 0 Å². The largest absolute Gasteiger partial charge is 0.315 e. The van der Waals surface area contributed by atoms with Gasteiger partial charge in [0.15, 0.2) is 0 Å². The van der Waals surface area contributed by atoms with Crippen LogP contribution in [-0.2, 0) is 98.1 Å². The Morgan fingerprint density at radius 3 is 2.20 bits per heavy atom. The molecule has 1 aliphatic rings. The van der Waals surface area contributed by atoms with Gasteiger partial charge in [-0.3, -0.25) is 0 Å². The second-order valence-corrected chi connectivity index (χ2v) is 2.92. The molecule has 0 amide bonds. The summed E-state index contributed by atoms with van der Waals surface area (Å²) in [7, 11) is 0. The van der Waals surface area contributed by atoms with Gasteiger partial charge in [0, 0.05) is 98.1 Å². The van der Waals surface area contributed by atoms with Crippen LogP contribution in [0.5, 0.6) is 0 Å². The van der Waals surface area contributed by atoms with Crippen molar-refractivity contribution in [2.75, 3.05) is 5.75 Å². The van der Waals surface area contributed by atoms with E-state index >= 15 is 0 Å². The molecule has 0 N–H and O–H groups in total. The Bertz CT molecular complexity index is 93.0. The molecular formula is C6H9SY3-. The van der Waals surface area contributed by atoms with Gasteiger partial charge in [0.25, 0.3) is 0 Å². The van der Waals surface area contributed by atoms with Crippen molar-refractivity contribution in [1.29, 1.82) is 0 Å². The van der Waals surface area contributed by atoms with E-state index in [1.54, 1.807) is 0 Å². The smallest absolute Gasteiger partial charge is 0 e. The van der Waals surface area contributed by atoms with Crippen molar-refractivity contribution >= 4 is 11.8 Å². The molecule has 0 nitrogen and oxygen atoms in total. The van der Waals surface area contributed by atoms with Gasteiger partial charge in [-0.2, -0.15) is 18.2 Å². The summed E-state index contributed by atoms with van der Waals surface area (Å²) in [6.45, 7) is 2.16. The molecule has 0 aromatic rings. The molecule has 3 radical (unpaired) electrons. The molecule has 49 valence electrons. The number of thioether (sulfide) groups is 1. The van der Waals surface area contributed by atoms with Crippen LogP contribution in [0.4, 0.5) is 0 Å². The van der Waals surface area contributed by atoms with E-state index in [1.165, 1.54) is 17.1 Å². The fraction of sp³-hybridized carbons (Fsp3) is 0.500. The topological polar surface area (TPSA) is 0 Å². The predicted octanol–water partition coefficient (Wildman–Crippen LogP) is 2.22. The van der Waals surface area contributed by atoms with Gasteiger partial charge in [0.2, 0.25) is 0 Å². The molecule has 0 bridgehead atoms. The van der Waals surface area contributed by atoms with Crippen molar-refractivity contribution in [3.63, 3.8) is 0 Å². The fourth-order valence-corrected chi connectivity index (χ4v) is 1.30. The van der Waals surface area contributed by atoms with E-state index in [2.05, 4.69) is 19.4 Å². The van der Waals surface area contributed by atoms with Gasteiger partial charge in [0.1, 0.15) is 0 Å². The zero-order valence-electron chi connectivity index (χ0n) is 6.21. The Balaban J connectivity index is -0.000000163. The van der Waals surface area contributed by atoms with E-state index in [9.17, 15) is 0 Å². The molecule has 4 heteroatoms. The summed E-state index contributed by atoms with van der Waals surface area (Å²) in [5.74, 6) is 1.21. The Morgan fingerprint density at radius 1 is 1.40 bits per heavy atom. The van der Waals surface area contributed by atoms with E-state index in [0.29, 0.717) is 0 Å². The molecular weight excluding hydrogens is 371 g/mol. The molecule has 0 fully saturated rings. The monoisotopic (exact) mass is 380 g/mol. The first-order chi connectivity index (χ1) is 3.39. The third-order valence-electron chi connectivity index (χ3n) is 1.00. The summed E-state index contributed by atoms with van der Waals surface area (Å²) >= 11 is 1.92. The molecule has 0 saturated carbocycles. The summed E-state index contributed by atoms with van der Waals surface area (Å²) in [5.41, 5.74) is 0. The molecule has 0 atom stereocenters. The van der Waals surface area contributed by atoms with Crippen molar-refractivity contribution in [3.05, 3.63) is 17.4 Å². The first kappa shape index (κ1) is 19.1. The maximum Gasteiger partial charge on any atom is 0 e. The molecule has 1 heterocycles. The third-order valence-corrected chi connectivity index (χ3v) is 2.03. The summed E-state index contributed by atoms with van der Waals surface area (Å²) in [4.78, 5) is 1.47. The van der Waals surface area contributed by atoms with Crippen LogP contribution in [0.25, 0.3) is 0 Å². The van der Waals surface area contributed by atoms with Crippen LogP contribution in [0.1, 0.15) is 13.3 Å². The van der Waals surface area contributed by atoms with Gasteiger partial charge < -0.3 is 6.42 Å². The van der Waals surface area contributed by atoms with Crippen LogP contribution in [-0.4, -0.2) is 5.75 Å². The second kappa shape index (κ2) is 12.4. The van der Waals surface area contributed by atoms with Gasteiger partial charge in [-0.1, -0.05) is 0 Å². The first-order valence-electron chi connectivity index (χ1n) is 2.51. The minimum Gasteiger partial charge on any atom is -0.315 e. The standard InChI is InChI=1S/C6H9S.3Y/c1-6-4-2-3-5-7-6;;;/h3-4H,2,5H2,1H3;;;/q-1;;;. The molecule has 0 aromatic heterocycles. The van der Waals surface area contributed by atoms with Crippen molar-refractivity contribution in [3.8, 4) is 0 Å². The average Bonchev–Trinajstić information content (AvgIpc) is 1.69. The van der Waals surface area contributed by atoms with Gasteiger partial charge in [0.05, 0.1) is 0 Å². The number of hydrogen-bond donors (Lipinski definition) is 0. The van der Waals surface area contributed by atoms with E-state index < -0.39 is 0 Å². The summed E-state index contributed by atoms with van der Waals surface area (Å²) < 4.78 is 0. The normalized spacial score (nSPS) is 15.1. The predicted molar refractivity (Wildman–Crippen MR) is 35.1 cm³/mol. The van der Waals surface area contributed by atoms with Crippen LogP contribution >= 0.6 is 11.8 Å². The van der Waals surface area contributed by atoms with Crippen molar-refractivity contribution in [2.45, 2.75) is 13.3 Å². The third kappa shape index (κ3) is 9.49. The summed E-state index contributed by atoms with van der Waals surface area (Å²) in [5, 5.41) is 0. The summed E-state index contributed by atoms with van der Waals surface area (Å²) in [6.07, 6.45) is 5.73. The molecule has 1 rings (SSSR count). The van der Waals surface area contributed by atoms with Gasteiger partial charge >= 0.3 is 0 Å². The van der Waals surface area contributed by atoms with Gasteiger partial charge in [-0.25, -0.2) is 0 Å². The first-order valence-corrected chi connectivity index (χ1v) is 3.49. The molecule has 0 spiro atoms. The van der Waals surface area contributed by atoms with Crippen LogP contribution in [0.15, 0.2) is 11.0 Å². The Labute approximate surface area is 143 Å². The number of hydrogen-bond acceptors (Lipinski definition) is 1. The molecule has 10 heavy (non-hydrogen) atoms. The summed E-state index contributed by atoms with van der Waals surface area (Å²) in [6, 6.07) is 0. The minimum absolute atomic E-state index is 0. The fourth-order valence-electron chi connectivity index (χ4n) is 0.567. The molecule has 1 aliphatic heterocycles. The van der Waals surface area contributed by atoms with Crippen molar-refractivity contribution < 1.29 is 98.1 Å². The average molecular weight is 380 g/mol. The quantitative estimate of drug-likeness (QED) is 0.582. The van der Waals surface area contributed by atoms with E-state index in [1.807, 2.05) is 11.8 Å². The number of allylic oxidation sites excluding steroid dienone is 2. The zero-order valence-corrected chi connectivity index (χ0v) is 15.5. The van der Waals surface area contributed by atoms with Crippen molar-refractivity contribution in [2.24, 2.45) is 0 Å². The van der Waals surface area contributed by atoms with E-state index in [-0.39, 0.29) is 98.1 Å². The van der Waals surface area contributed by atoms with E-state index in [4.69, 9.17) is 0 Å². The van der Waals surface area contributed by atoms with Crippen LogP contribution < -0.4 is 0 Å². The SMILES string of the molecule is CC1=CC[CH-]CS1.[Y].[Y].[Y]. The van der Waals surface area contributed by atoms with Gasteiger partial charge in [-0.15, -0.1) is 11.8 Å². The zero-order chi connectivity index (χ0) is 5.11. The Hall–Kier alpha value is 3.40. The number of rotatable bonds is 0.